The Hall–Kier alpha value is -1.32. The second-order valence-corrected chi connectivity index (χ2v) is 15.5. The third kappa shape index (κ3) is 6.42. The topological polar surface area (TPSA) is 66.4 Å². The second kappa shape index (κ2) is 10.1. The van der Waals surface area contributed by atoms with Gasteiger partial charge in [0.05, 0.1) is 6.61 Å². The Bertz CT molecular complexity index is 816. The van der Waals surface area contributed by atoms with E-state index in [-0.39, 0.29) is 17.2 Å². The van der Waals surface area contributed by atoms with Gasteiger partial charge >= 0.3 is 0 Å². The molecule has 6 nitrogen and oxygen atoms in total. The average Bonchev–Trinajstić information content (AvgIpc) is 3.05. The molecule has 33 heavy (non-hydrogen) atoms. The van der Waals surface area contributed by atoms with Crippen molar-refractivity contribution in [3.05, 3.63) is 54.6 Å². The molecule has 2 saturated heterocycles. The monoisotopic (exact) mass is 476 g/mol. The first-order chi connectivity index (χ1) is 15.3. The Morgan fingerprint density at radius 3 is 2.45 bits per heavy atom. The van der Waals surface area contributed by atoms with Crippen LogP contribution in [0.15, 0.2) is 49.1 Å². The molecule has 6 atom stereocenters. The maximum Gasteiger partial charge on any atom is 0.192 e. The largest absolute Gasteiger partial charge is 0.406 e. The highest BCUT2D eigenvalue weighted by Gasteiger charge is 2.55. The fraction of sp³-hybridized carbons (Fsp3) is 0.615. The minimum absolute atomic E-state index is 0.00472. The lowest BCUT2D eigenvalue weighted by molar-refractivity contribution is -0.262. The van der Waals surface area contributed by atoms with Crippen molar-refractivity contribution in [2.24, 2.45) is 0 Å². The molecular weight excluding hydrogens is 436 g/mol. The molecule has 0 bridgehead atoms. The van der Waals surface area contributed by atoms with Crippen LogP contribution in [0, 0.1) is 0 Å². The third-order valence-electron chi connectivity index (χ3n) is 6.62. The van der Waals surface area contributed by atoms with Crippen LogP contribution < -0.4 is 0 Å². The lowest BCUT2D eigenvalue weighted by Crippen LogP contribution is -2.59. The molecule has 0 saturated carbocycles. The zero-order valence-electron chi connectivity index (χ0n) is 21.0. The minimum atomic E-state index is -2.19. The van der Waals surface area contributed by atoms with Crippen molar-refractivity contribution in [2.45, 2.75) is 95.3 Å². The van der Waals surface area contributed by atoms with Crippen LogP contribution in [0.4, 0.5) is 0 Å². The molecular formula is C26H40O6Si. The van der Waals surface area contributed by atoms with E-state index >= 15 is 0 Å². The van der Waals surface area contributed by atoms with Crippen LogP contribution in [0.25, 0.3) is 6.08 Å². The number of hydrogen-bond acceptors (Lipinski definition) is 6. The molecule has 2 fully saturated rings. The van der Waals surface area contributed by atoms with Gasteiger partial charge in [-0.15, -0.1) is 6.58 Å². The summed E-state index contributed by atoms with van der Waals surface area (Å²) < 4.78 is 31.4. The van der Waals surface area contributed by atoms with Gasteiger partial charge in [-0.3, -0.25) is 0 Å². The van der Waals surface area contributed by atoms with Gasteiger partial charge in [-0.05, 0) is 37.5 Å². The Morgan fingerprint density at radius 1 is 1.18 bits per heavy atom. The van der Waals surface area contributed by atoms with Gasteiger partial charge in [-0.25, -0.2) is 0 Å². The van der Waals surface area contributed by atoms with Crippen LogP contribution in [0.2, 0.25) is 18.1 Å². The second-order valence-electron chi connectivity index (χ2n) is 10.8. The molecule has 0 radical (unpaired) electrons. The van der Waals surface area contributed by atoms with Crippen LogP contribution in [-0.2, 0) is 23.4 Å². The number of benzene rings is 1. The predicted molar refractivity (Wildman–Crippen MR) is 132 cm³/mol. The standard InChI is InChI=1S/C26H40O6Si/c1-9-20(19(27)16-15-18-13-11-10-12-14-18)29-24-23(32-33(7,8)25(2,3)4)22-21(17-28-24)30-26(5,6)31-22/h9-16,19-24,27H,1,17H2,2-8H3/b16-15+/t19-,20-,21+,22+,23-,24-/m0/s1. The predicted octanol–water partition coefficient (Wildman–Crippen LogP) is 4.90. The number of aliphatic hydroxyl groups is 1. The quantitative estimate of drug-likeness (QED) is 0.425. The van der Waals surface area contributed by atoms with E-state index in [0.29, 0.717) is 6.61 Å². The van der Waals surface area contributed by atoms with Crippen molar-refractivity contribution >= 4 is 14.4 Å². The Kier molecular flexibility index (Phi) is 8.06. The number of hydrogen-bond donors (Lipinski definition) is 1. The van der Waals surface area contributed by atoms with Gasteiger partial charge in [0.15, 0.2) is 20.4 Å². The maximum absolute atomic E-state index is 10.8. The normalized spacial score (nSPS) is 29.6. The third-order valence-corrected chi connectivity index (χ3v) is 11.1. The van der Waals surface area contributed by atoms with Gasteiger partial charge in [-0.1, -0.05) is 69.3 Å². The van der Waals surface area contributed by atoms with Gasteiger partial charge < -0.3 is 28.5 Å². The van der Waals surface area contributed by atoms with Crippen molar-refractivity contribution < 1.29 is 28.5 Å². The first kappa shape index (κ1) is 26.3. The highest BCUT2D eigenvalue weighted by atomic mass is 28.4. The molecule has 2 aliphatic heterocycles. The molecule has 2 aliphatic rings. The van der Waals surface area contributed by atoms with E-state index in [4.69, 9.17) is 23.4 Å². The van der Waals surface area contributed by atoms with Gasteiger partial charge in [0.2, 0.25) is 0 Å². The lowest BCUT2D eigenvalue weighted by atomic mass is 10.1. The smallest absolute Gasteiger partial charge is 0.192 e. The first-order valence-electron chi connectivity index (χ1n) is 11.7. The number of aliphatic hydroxyl groups excluding tert-OH is 1. The summed E-state index contributed by atoms with van der Waals surface area (Å²) in [7, 11) is -2.19. The summed E-state index contributed by atoms with van der Waals surface area (Å²) in [5, 5.41) is 10.8. The van der Waals surface area contributed by atoms with E-state index in [9.17, 15) is 5.11 Å². The molecule has 0 aliphatic carbocycles. The molecule has 1 aromatic carbocycles. The summed E-state index contributed by atoms with van der Waals surface area (Å²) in [6.45, 7) is 19.0. The van der Waals surface area contributed by atoms with Crippen molar-refractivity contribution in [3.8, 4) is 0 Å². The van der Waals surface area contributed by atoms with Gasteiger partial charge in [-0.2, -0.15) is 0 Å². The van der Waals surface area contributed by atoms with Crippen LogP contribution in [0.1, 0.15) is 40.2 Å². The molecule has 0 spiro atoms. The number of fused-ring (bicyclic) bond motifs is 1. The summed E-state index contributed by atoms with van der Waals surface area (Å²) in [6, 6.07) is 9.80. The van der Waals surface area contributed by atoms with Crippen LogP contribution in [0.3, 0.4) is 0 Å². The SMILES string of the molecule is C=C[C@H](O[C@@H]1OC[C@H]2OC(C)(C)O[C@H]2[C@@H]1O[Si](C)(C)C(C)(C)C)[C@@H](O)/C=C/c1ccccc1. The zero-order valence-corrected chi connectivity index (χ0v) is 22.0. The Morgan fingerprint density at radius 2 is 1.85 bits per heavy atom. The molecule has 3 rings (SSSR count). The average molecular weight is 477 g/mol. The molecule has 0 aromatic heterocycles. The van der Waals surface area contributed by atoms with Gasteiger partial charge in [0.1, 0.15) is 30.5 Å². The molecule has 0 unspecified atom stereocenters. The molecule has 0 amide bonds. The number of ether oxygens (including phenoxy) is 4. The number of rotatable bonds is 8. The fourth-order valence-electron chi connectivity index (χ4n) is 3.78. The lowest BCUT2D eigenvalue weighted by Gasteiger charge is -2.45. The maximum atomic E-state index is 10.8. The van der Waals surface area contributed by atoms with E-state index in [1.54, 1.807) is 12.2 Å². The Balaban J connectivity index is 1.79. The van der Waals surface area contributed by atoms with Crippen LogP contribution in [0.5, 0.6) is 0 Å². The van der Waals surface area contributed by atoms with Crippen molar-refractivity contribution in [2.75, 3.05) is 6.61 Å². The summed E-state index contributed by atoms with van der Waals surface area (Å²) in [4.78, 5) is 0. The highest BCUT2D eigenvalue weighted by Crippen LogP contribution is 2.42. The molecule has 2 heterocycles. The first-order valence-corrected chi connectivity index (χ1v) is 14.6. The zero-order chi connectivity index (χ0) is 24.4. The summed E-state index contributed by atoms with van der Waals surface area (Å²) in [5.41, 5.74) is 0.994. The highest BCUT2D eigenvalue weighted by molar-refractivity contribution is 6.74. The van der Waals surface area contributed by atoms with E-state index in [1.165, 1.54) is 0 Å². The van der Waals surface area contributed by atoms with Crippen molar-refractivity contribution in [3.63, 3.8) is 0 Å². The van der Waals surface area contributed by atoms with E-state index in [0.717, 1.165) is 5.56 Å². The van der Waals surface area contributed by atoms with E-state index < -0.39 is 38.7 Å². The van der Waals surface area contributed by atoms with Crippen LogP contribution >= 0.6 is 0 Å². The summed E-state index contributed by atoms with van der Waals surface area (Å²) >= 11 is 0. The molecule has 7 heteroatoms. The minimum Gasteiger partial charge on any atom is -0.406 e. The Labute approximate surface area is 199 Å². The van der Waals surface area contributed by atoms with Crippen LogP contribution in [-0.4, -0.2) is 62.6 Å². The van der Waals surface area contributed by atoms with Crippen molar-refractivity contribution in [1.29, 1.82) is 0 Å². The van der Waals surface area contributed by atoms with E-state index in [2.05, 4.69) is 40.4 Å². The fourth-order valence-corrected chi connectivity index (χ4v) is 5.06. The molecule has 184 valence electrons. The summed E-state index contributed by atoms with van der Waals surface area (Å²) in [5.74, 6) is -0.724. The van der Waals surface area contributed by atoms with E-state index in [1.807, 2.05) is 50.3 Å². The van der Waals surface area contributed by atoms with Gasteiger partial charge in [0, 0.05) is 0 Å². The summed E-state index contributed by atoms with van der Waals surface area (Å²) in [6.07, 6.45) is 1.82. The van der Waals surface area contributed by atoms with Gasteiger partial charge in [0.25, 0.3) is 0 Å². The molecule has 1 N–H and O–H groups in total. The van der Waals surface area contributed by atoms with Crippen molar-refractivity contribution in [1.82, 2.24) is 0 Å². The molecule has 1 aromatic rings.